The molecule has 4 nitrogen and oxygen atoms in total. The van der Waals surface area contributed by atoms with Gasteiger partial charge in [-0.1, -0.05) is 48.5 Å². The predicted molar refractivity (Wildman–Crippen MR) is 113 cm³/mol. The van der Waals surface area contributed by atoms with Gasteiger partial charge in [-0.3, -0.25) is 4.79 Å². The lowest BCUT2D eigenvalue weighted by Gasteiger charge is -2.23. The third-order valence-electron chi connectivity index (χ3n) is 5.36. The first-order valence-electron chi connectivity index (χ1n) is 9.55. The Morgan fingerprint density at radius 2 is 1.68 bits per heavy atom. The second-order valence-corrected chi connectivity index (χ2v) is 7.32. The van der Waals surface area contributed by atoms with Crippen LogP contribution in [0.25, 0.3) is 0 Å². The first kappa shape index (κ1) is 18.1. The number of carboxylic acid groups (broad SMARTS) is 1. The van der Waals surface area contributed by atoms with Crippen molar-refractivity contribution in [1.82, 2.24) is 0 Å². The molecule has 3 aromatic carbocycles. The normalized spacial score (nSPS) is 15.3. The van der Waals surface area contributed by atoms with Gasteiger partial charge in [-0.05, 0) is 41.5 Å². The number of fused-ring (bicyclic) bond motifs is 1. The highest BCUT2D eigenvalue weighted by Crippen LogP contribution is 2.42. The van der Waals surface area contributed by atoms with E-state index in [4.69, 9.17) is 0 Å². The topological polar surface area (TPSA) is 43.8 Å². The van der Waals surface area contributed by atoms with Crippen LogP contribution in [0.4, 0.5) is 17.1 Å². The fourth-order valence-electron chi connectivity index (χ4n) is 3.96. The number of rotatable bonds is 6. The molecule has 4 rings (SSSR count). The molecule has 0 aliphatic carbocycles. The van der Waals surface area contributed by atoms with E-state index in [0.717, 1.165) is 29.2 Å². The maximum absolute atomic E-state index is 11.3. The summed E-state index contributed by atoms with van der Waals surface area (Å²) in [6.45, 7) is 1.55. The van der Waals surface area contributed by atoms with Gasteiger partial charge in [0.1, 0.15) is 0 Å². The fraction of sp³-hybridized carbons (Fsp3) is 0.208. The van der Waals surface area contributed by atoms with Gasteiger partial charge in [-0.15, -0.1) is 0 Å². The Morgan fingerprint density at radius 3 is 2.39 bits per heavy atom. The number of anilines is 3. The molecule has 1 N–H and O–H groups in total. The molecule has 0 aromatic heterocycles. The molecule has 0 bridgehead atoms. The third-order valence-corrected chi connectivity index (χ3v) is 5.36. The zero-order chi connectivity index (χ0) is 19.5. The van der Waals surface area contributed by atoms with Crippen LogP contribution < -0.4 is 9.80 Å². The maximum atomic E-state index is 11.3. The molecule has 0 saturated carbocycles. The van der Waals surface area contributed by atoms with E-state index in [0.29, 0.717) is 6.54 Å². The Balaban J connectivity index is 1.53. The van der Waals surface area contributed by atoms with Crippen molar-refractivity contribution in [2.45, 2.75) is 18.9 Å². The van der Waals surface area contributed by atoms with Crippen LogP contribution in [0.3, 0.4) is 0 Å². The van der Waals surface area contributed by atoms with Crippen LogP contribution in [-0.4, -0.2) is 24.7 Å². The van der Waals surface area contributed by atoms with Crippen LogP contribution >= 0.6 is 0 Å². The minimum Gasteiger partial charge on any atom is -0.481 e. The summed E-state index contributed by atoms with van der Waals surface area (Å²) in [5.74, 6) is -0.728. The minimum atomic E-state index is -0.750. The summed E-state index contributed by atoms with van der Waals surface area (Å²) in [5, 5.41) is 9.25. The van der Waals surface area contributed by atoms with Crippen LogP contribution in [0.15, 0.2) is 78.9 Å². The molecule has 4 heteroatoms. The molecular formula is C24H24N2O2. The quantitative estimate of drug-likeness (QED) is 0.659. The van der Waals surface area contributed by atoms with Crippen LogP contribution in [-0.2, 0) is 11.3 Å². The van der Waals surface area contributed by atoms with Crippen LogP contribution in [0.5, 0.6) is 0 Å². The van der Waals surface area contributed by atoms with Crippen molar-refractivity contribution in [3.63, 3.8) is 0 Å². The summed E-state index contributed by atoms with van der Waals surface area (Å²) in [6.07, 6.45) is 0.158. The molecule has 28 heavy (non-hydrogen) atoms. The lowest BCUT2D eigenvalue weighted by molar-refractivity contribution is -0.137. The van der Waals surface area contributed by atoms with Crippen molar-refractivity contribution >= 4 is 23.0 Å². The van der Waals surface area contributed by atoms with Gasteiger partial charge >= 0.3 is 5.97 Å². The largest absolute Gasteiger partial charge is 0.481 e. The molecule has 0 saturated heterocycles. The van der Waals surface area contributed by atoms with E-state index < -0.39 is 5.97 Å². The van der Waals surface area contributed by atoms with Gasteiger partial charge in [-0.25, -0.2) is 0 Å². The summed E-state index contributed by atoms with van der Waals surface area (Å²) < 4.78 is 0. The second-order valence-electron chi connectivity index (χ2n) is 7.32. The summed E-state index contributed by atoms with van der Waals surface area (Å²) in [4.78, 5) is 15.7. The van der Waals surface area contributed by atoms with Crippen molar-refractivity contribution in [2.24, 2.45) is 0 Å². The van der Waals surface area contributed by atoms with Crippen LogP contribution in [0, 0.1) is 0 Å². The first-order valence-corrected chi connectivity index (χ1v) is 9.55. The first-order chi connectivity index (χ1) is 13.6. The molecule has 3 aromatic rings. The monoisotopic (exact) mass is 372 g/mol. The SMILES string of the molecule is CN(Cc1ccccc1)c1ccc(N2CC(CC(=O)O)c3ccccc32)cc1. The molecule has 0 radical (unpaired) electrons. The van der Waals surface area contributed by atoms with Gasteiger partial charge in [0.05, 0.1) is 6.42 Å². The number of carbonyl (C=O) groups is 1. The number of carboxylic acids is 1. The summed E-state index contributed by atoms with van der Waals surface area (Å²) in [6, 6.07) is 27.0. The summed E-state index contributed by atoms with van der Waals surface area (Å²) >= 11 is 0. The molecule has 1 unspecified atom stereocenters. The zero-order valence-electron chi connectivity index (χ0n) is 16.0. The van der Waals surface area contributed by atoms with Gasteiger partial charge in [0.25, 0.3) is 0 Å². The van der Waals surface area contributed by atoms with Gasteiger partial charge in [0.2, 0.25) is 0 Å². The second kappa shape index (κ2) is 7.77. The van der Waals surface area contributed by atoms with E-state index in [2.05, 4.69) is 71.4 Å². The molecule has 1 aliphatic rings. The number of para-hydroxylation sites is 1. The van der Waals surface area contributed by atoms with Crippen molar-refractivity contribution in [1.29, 1.82) is 0 Å². The highest BCUT2D eigenvalue weighted by atomic mass is 16.4. The van der Waals surface area contributed by atoms with Gasteiger partial charge in [-0.2, -0.15) is 0 Å². The van der Waals surface area contributed by atoms with Gasteiger partial charge in [0.15, 0.2) is 0 Å². The van der Waals surface area contributed by atoms with E-state index >= 15 is 0 Å². The molecule has 0 spiro atoms. The molecule has 1 atom stereocenters. The van der Waals surface area contributed by atoms with Gasteiger partial charge in [0, 0.05) is 43.1 Å². The van der Waals surface area contributed by atoms with Crippen molar-refractivity contribution in [3.05, 3.63) is 90.0 Å². The average Bonchev–Trinajstić information content (AvgIpc) is 3.07. The standard InChI is InChI=1S/C24H24N2O2/c1-25(16-18-7-3-2-4-8-18)20-11-13-21(14-12-20)26-17-19(15-24(27)28)22-9-5-6-10-23(22)26/h2-14,19H,15-17H2,1H3,(H,27,28). The highest BCUT2D eigenvalue weighted by Gasteiger charge is 2.30. The lowest BCUT2D eigenvalue weighted by Crippen LogP contribution is -2.18. The number of hydrogen-bond donors (Lipinski definition) is 1. The number of nitrogens with zero attached hydrogens (tertiary/aromatic N) is 2. The molecule has 1 aliphatic heterocycles. The summed E-state index contributed by atoms with van der Waals surface area (Å²) in [7, 11) is 2.09. The molecule has 142 valence electrons. The Kier molecular flexibility index (Phi) is 5.02. The van der Waals surface area contributed by atoms with Gasteiger partial charge < -0.3 is 14.9 Å². The predicted octanol–water partition coefficient (Wildman–Crippen LogP) is 5.03. The fourth-order valence-corrected chi connectivity index (χ4v) is 3.96. The molecule has 1 heterocycles. The van der Waals surface area contributed by atoms with E-state index in [1.54, 1.807) is 0 Å². The minimum absolute atomic E-state index is 0.0223. The smallest absolute Gasteiger partial charge is 0.304 e. The Bertz CT molecular complexity index is 954. The summed E-state index contributed by atoms with van der Waals surface area (Å²) in [5.41, 5.74) is 5.76. The Morgan fingerprint density at radius 1 is 1.00 bits per heavy atom. The molecule has 0 amide bonds. The van der Waals surface area contributed by atoms with E-state index in [1.165, 1.54) is 5.56 Å². The van der Waals surface area contributed by atoms with Crippen molar-refractivity contribution in [2.75, 3.05) is 23.4 Å². The number of hydrogen-bond acceptors (Lipinski definition) is 3. The third kappa shape index (κ3) is 3.72. The van der Waals surface area contributed by atoms with Crippen LogP contribution in [0.2, 0.25) is 0 Å². The maximum Gasteiger partial charge on any atom is 0.304 e. The van der Waals surface area contributed by atoms with Crippen LogP contribution in [0.1, 0.15) is 23.5 Å². The molecule has 0 fully saturated rings. The number of aliphatic carboxylic acids is 1. The van der Waals surface area contributed by atoms with Crippen molar-refractivity contribution < 1.29 is 9.90 Å². The van der Waals surface area contributed by atoms with Crippen molar-refractivity contribution in [3.8, 4) is 0 Å². The van der Waals surface area contributed by atoms with E-state index in [1.807, 2.05) is 24.3 Å². The zero-order valence-corrected chi connectivity index (χ0v) is 16.0. The Labute approximate surface area is 165 Å². The lowest BCUT2D eigenvalue weighted by atomic mass is 9.98. The highest BCUT2D eigenvalue weighted by molar-refractivity contribution is 5.75. The average molecular weight is 372 g/mol. The molecular weight excluding hydrogens is 348 g/mol. The number of benzene rings is 3. The Hall–Kier alpha value is -3.27. The van der Waals surface area contributed by atoms with E-state index in [9.17, 15) is 9.90 Å². The van der Waals surface area contributed by atoms with E-state index in [-0.39, 0.29) is 12.3 Å².